The molecule has 2 N–H and O–H groups in total. The van der Waals surface area contributed by atoms with Gasteiger partial charge in [0.1, 0.15) is 0 Å². The van der Waals surface area contributed by atoms with E-state index in [0.717, 1.165) is 24.9 Å². The molecule has 0 spiro atoms. The fourth-order valence-corrected chi connectivity index (χ4v) is 3.69. The molecule has 1 saturated heterocycles. The molecule has 1 fully saturated rings. The molecule has 0 radical (unpaired) electrons. The lowest BCUT2D eigenvalue weighted by Gasteiger charge is -2.28. The Morgan fingerprint density at radius 3 is 2.55 bits per heavy atom. The summed E-state index contributed by atoms with van der Waals surface area (Å²) < 4.78 is 0. The van der Waals surface area contributed by atoms with Crippen LogP contribution in [0, 0.1) is 0 Å². The van der Waals surface area contributed by atoms with Gasteiger partial charge in [-0.05, 0) is 37.1 Å². The van der Waals surface area contributed by atoms with Gasteiger partial charge in [0.25, 0.3) is 0 Å². The Morgan fingerprint density at radius 2 is 2.00 bits per heavy atom. The van der Waals surface area contributed by atoms with E-state index in [0.29, 0.717) is 29.1 Å². The molecule has 0 aromatic heterocycles. The fourth-order valence-electron chi connectivity index (χ4n) is 2.78. The van der Waals surface area contributed by atoms with E-state index in [1.54, 1.807) is 0 Å². The number of carbonyl (C=O) groups is 1. The van der Waals surface area contributed by atoms with Gasteiger partial charge in [0.05, 0.1) is 0 Å². The van der Waals surface area contributed by atoms with Crippen molar-refractivity contribution in [3.05, 3.63) is 33.8 Å². The van der Waals surface area contributed by atoms with Crippen LogP contribution in [0.15, 0.2) is 18.2 Å². The third-order valence-corrected chi connectivity index (χ3v) is 4.59. The summed E-state index contributed by atoms with van der Waals surface area (Å²) in [6.07, 6.45) is 2.76. The molecule has 6 heteroatoms. The zero-order valence-corrected chi connectivity index (χ0v) is 15.2. The summed E-state index contributed by atoms with van der Waals surface area (Å²) in [5.74, 6) is 0.0747. The summed E-state index contributed by atoms with van der Waals surface area (Å²) in [5.41, 5.74) is 0.571. The van der Waals surface area contributed by atoms with E-state index in [-0.39, 0.29) is 23.7 Å². The monoisotopic (exact) mass is 364 g/mol. The molecule has 1 aromatic carbocycles. The van der Waals surface area contributed by atoms with E-state index in [1.165, 1.54) is 0 Å². The van der Waals surface area contributed by atoms with Gasteiger partial charge in [0, 0.05) is 34.5 Å². The maximum atomic E-state index is 12.0. The van der Waals surface area contributed by atoms with Crippen LogP contribution in [0.4, 0.5) is 0 Å². The minimum atomic E-state index is -0.311. The summed E-state index contributed by atoms with van der Waals surface area (Å²) in [4.78, 5) is 12.0. The Hall–Kier alpha value is -0.480. The predicted molar refractivity (Wildman–Crippen MR) is 95.4 cm³/mol. The number of hydrogen-bond acceptors (Lipinski definition) is 2. The first-order valence-corrected chi connectivity index (χ1v) is 8.10. The van der Waals surface area contributed by atoms with Crippen LogP contribution in [0.25, 0.3) is 0 Å². The number of rotatable bonds is 5. The van der Waals surface area contributed by atoms with Crippen LogP contribution >= 0.6 is 35.6 Å². The Balaban J connectivity index is 0.00000242. The van der Waals surface area contributed by atoms with Crippen LogP contribution in [0.5, 0.6) is 0 Å². The van der Waals surface area contributed by atoms with Crippen molar-refractivity contribution in [2.75, 3.05) is 13.1 Å². The number of amides is 1. The second kappa shape index (κ2) is 8.39. The van der Waals surface area contributed by atoms with Crippen molar-refractivity contribution in [3.8, 4) is 0 Å². The highest BCUT2D eigenvalue weighted by atomic mass is 35.5. The topological polar surface area (TPSA) is 41.1 Å². The Morgan fingerprint density at radius 1 is 1.36 bits per heavy atom. The molecule has 0 saturated carbocycles. The standard InChI is InChI=1S/C16H22Cl2N2O.ClH/c1-16(2,15-12(17)6-3-7-13(15)18)10-20-14(21)9-11-5-4-8-19-11;/h3,6-7,11,19H,4-5,8-10H2,1-2H3,(H,20,21);1H. The molecule has 1 aliphatic heterocycles. The molecule has 2 rings (SSSR count). The maximum Gasteiger partial charge on any atom is 0.221 e. The van der Waals surface area contributed by atoms with Crippen molar-refractivity contribution in [2.24, 2.45) is 0 Å². The highest BCUT2D eigenvalue weighted by Crippen LogP contribution is 2.35. The molecule has 0 bridgehead atoms. The summed E-state index contributed by atoms with van der Waals surface area (Å²) in [6, 6.07) is 5.80. The molecule has 1 amide bonds. The molecule has 1 aliphatic rings. The minimum Gasteiger partial charge on any atom is -0.355 e. The molecule has 1 atom stereocenters. The Labute approximate surface area is 148 Å². The highest BCUT2D eigenvalue weighted by Gasteiger charge is 2.27. The quantitative estimate of drug-likeness (QED) is 0.829. The molecule has 3 nitrogen and oxygen atoms in total. The van der Waals surface area contributed by atoms with E-state index in [1.807, 2.05) is 32.0 Å². The van der Waals surface area contributed by atoms with Gasteiger partial charge in [-0.3, -0.25) is 4.79 Å². The van der Waals surface area contributed by atoms with Gasteiger partial charge >= 0.3 is 0 Å². The van der Waals surface area contributed by atoms with Gasteiger partial charge in [0.2, 0.25) is 5.91 Å². The van der Waals surface area contributed by atoms with Crippen LogP contribution in [-0.4, -0.2) is 25.0 Å². The van der Waals surface area contributed by atoms with Crippen molar-refractivity contribution in [2.45, 2.75) is 44.6 Å². The highest BCUT2D eigenvalue weighted by molar-refractivity contribution is 6.36. The van der Waals surface area contributed by atoms with Crippen molar-refractivity contribution in [1.29, 1.82) is 0 Å². The van der Waals surface area contributed by atoms with Crippen LogP contribution < -0.4 is 10.6 Å². The lowest BCUT2D eigenvalue weighted by Crippen LogP contribution is -2.39. The maximum absolute atomic E-state index is 12.0. The van der Waals surface area contributed by atoms with E-state index >= 15 is 0 Å². The van der Waals surface area contributed by atoms with Crippen LogP contribution in [-0.2, 0) is 10.2 Å². The first-order chi connectivity index (χ1) is 9.90. The summed E-state index contributed by atoms with van der Waals surface area (Å²) in [5, 5.41) is 7.61. The summed E-state index contributed by atoms with van der Waals surface area (Å²) in [7, 11) is 0. The van der Waals surface area contributed by atoms with Crippen molar-refractivity contribution in [1.82, 2.24) is 10.6 Å². The van der Waals surface area contributed by atoms with E-state index < -0.39 is 0 Å². The smallest absolute Gasteiger partial charge is 0.221 e. The van der Waals surface area contributed by atoms with Crippen LogP contribution in [0.3, 0.4) is 0 Å². The molecular weight excluding hydrogens is 343 g/mol. The number of carbonyl (C=O) groups excluding carboxylic acids is 1. The van der Waals surface area contributed by atoms with E-state index in [9.17, 15) is 4.79 Å². The number of hydrogen-bond donors (Lipinski definition) is 2. The molecule has 22 heavy (non-hydrogen) atoms. The lowest BCUT2D eigenvalue weighted by atomic mass is 9.84. The van der Waals surface area contributed by atoms with Gasteiger partial charge in [-0.25, -0.2) is 0 Å². The fraction of sp³-hybridized carbons (Fsp3) is 0.562. The zero-order chi connectivity index (χ0) is 15.5. The Kier molecular flexibility index (Phi) is 7.47. The second-order valence-corrected chi connectivity index (χ2v) is 7.07. The first kappa shape index (κ1) is 19.6. The molecular formula is C16H23Cl3N2O. The Bertz CT molecular complexity index is 494. The van der Waals surface area contributed by atoms with Crippen LogP contribution in [0.2, 0.25) is 10.0 Å². The largest absolute Gasteiger partial charge is 0.355 e. The predicted octanol–water partition coefficient (Wildman–Crippen LogP) is 3.95. The molecule has 1 heterocycles. The first-order valence-electron chi connectivity index (χ1n) is 7.35. The number of halogens is 3. The number of nitrogens with one attached hydrogen (secondary N) is 2. The van der Waals surface area contributed by atoms with Gasteiger partial charge in [-0.15, -0.1) is 12.4 Å². The van der Waals surface area contributed by atoms with Crippen molar-refractivity contribution in [3.63, 3.8) is 0 Å². The minimum absolute atomic E-state index is 0. The SMILES string of the molecule is CC(C)(CNC(=O)CC1CCCN1)c1c(Cl)cccc1Cl.Cl. The summed E-state index contributed by atoms with van der Waals surface area (Å²) in [6.45, 7) is 5.60. The lowest BCUT2D eigenvalue weighted by molar-refractivity contribution is -0.121. The second-order valence-electron chi connectivity index (χ2n) is 6.25. The molecule has 1 unspecified atom stereocenters. The van der Waals surface area contributed by atoms with Gasteiger partial charge in [-0.2, -0.15) is 0 Å². The third-order valence-electron chi connectivity index (χ3n) is 3.96. The third kappa shape index (κ3) is 5.02. The molecule has 1 aromatic rings. The zero-order valence-electron chi connectivity index (χ0n) is 12.9. The van der Waals surface area contributed by atoms with Gasteiger partial charge in [0.15, 0.2) is 0 Å². The summed E-state index contributed by atoms with van der Waals surface area (Å²) >= 11 is 12.5. The average Bonchev–Trinajstić information content (AvgIpc) is 2.89. The number of benzene rings is 1. The molecule has 0 aliphatic carbocycles. The van der Waals surface area contributed by atoms with E-state index in [2.05, 4.69) is 10.6 Å². The van der Waals surface area contributed by atoms with E-state index in [4.69, 9.17) is 23.2 Å². The van der Waals surface area contributed by atoms with Gasteiger partial charge < -0.3 is 10.6 Å². The average molecular weight is 366 g/mol. The molecule has 124 valence electrons. The van der Waals surface area contributed by atoms with Crippen molar-refractivity contribution >= 4 is 41.5 Å². The normalized spacial score (nSPS) is 17.9. The van der Waals surface area contributed by atoms with Crippen molar-refractivity contribution < 1.29 is 4.79 Å². The van der Waals surface area contributed by atoms with Gasteiger partial charge in [-0.1, -0.05) is 43.1 Å². The van der Waals surface area contributed by atoms with Crippen LogP contribution in [0.1, 0.15) is 38.7 Å².